The second-order valence-electron chi connectivity index (χ2n) is 8.27. The molecule has 1 aromatic heterocycles. The summed E-state index contributed by atoms with van der Waals surface area (Å²) in [4.78, 5) is 19.7. The molecule has 0 saturated carbocycles. The smallest absolute Gasteiger partial charge is 0.209 e. The van der Waals surface area contributed by atoms with Gasteiger partial charge in [0.1, 0.15) is 34.1 Å². The highest BCUT2D eigenvalue weighted by Gasteiger charge is 2.24. The van der Waals surface area contributed by atoms with Crippen molar-refractivity contribution in [2.24, 2.45) is 0 Å². The molecule has 0 aliphatic carbocycles. The first kappa shape index (κ1) is 24.0. The van der Waals surface area contributed by atoms with Crippen LogP contribution in [0.4, 0.5) is 21.0 Å². The summed E-state index contributed by atoms with van der Waals surface area (Å²) in [5.74, 6) is -0.633. The van der Waals surface area contributed by atoms with Crippen molar-refractivity contribution >= 4 is 33.8 Å². The monoisotopic (exact) mass is 484 g/mol. The number of nitrogens with two attached hydrogens (primary N) is 1. The van der Waals surface area contributed by atoms with Crippen LogP contribution in [0.3, 0.4) is 0 Å². The third-order valence-corrected chi connectivity index (χ3v) is 6.98. The van der Waals surface area contributed by atoms with E-state index < -0.39 is 11.6 Å². The van der Waals surface area contributed by atoms with Crippen molar-refractivity contribution < 1.29 is 19.0 Å². The van der Waals surface area contributed by atoms with Crippen LogP contribution in [0, 0.1) is 5.82 Å². The molecule has 180 valence electrons. The SMILES string of the molecule is CCc1c(O)ccc(C(=O)c2sc(Nc3ccc(OC4CCCN(CC)C4)cc3)nc2N)c1F. The molecule has 4 N–H and O–H groups in total. The number of likely N-dealkylation sites (N-methyl/N-ethyl adjacent to an activating group) is 1. The van der Waals surface area contributed by atoms with Crippen LogP contribution < -0.4 is 15.8 Å². The van der Waals surface area contributed by atoms with Gasteiger partial charge in [0.15, 0.2) is 5.13 Å². The highest BCUT2D eigenvalue weighted by Crippen LogP contribution is 2.32. The highest BCUT2D eigenvalue weighted by molar-refractivity contribution is 7.18. The van der Waals surface area contributed by atoms with Gasteiger partial charge in [0.05, 0.1) is 5.56 Å². The second-order valence-corrected chi connectivity index (χ2v) is 9.26. The number of rotatable bonds is 8. The molecule has 1 atom stereocenters. The molecule has 3 aromatic rings. The fourth-order valence-electron chi connectivity index (χ4n) is 4.12. The van der Waals surface area contributed by atoms with Crippen molar-refractivity contribution in [1.29, 1.82) is 0 Å². The largest absolute Gasteiger partial charge is 0.508 e. The molecule has 1 aliphatic heterocycles. The van der Waals surface area contributed by atoms with Crippen molar-refractivity contribution in [1.82, 2.24) is 9.88 Å². The zero-order chi connectivity index (χ0) is 24.2. The van der Waals surface area contributed by atoms with Crippen molar-refractivity contribution in [3.8, 4) is 11.5 Å². The van der Waals surface area contributed by atoms with E-state index >= 15 is 0 Å². The number of hydrogen-bond acceptors (Lipinski definition) is 8. The van der Waals surface area contributed by atoms with E-state index in [0.717, 1.165) is 55.2 Å². The lowest BCUT2D eigenvalue weighted by Crippen LogP contribution is -2.40. The molecule has 9 heteroatoms. The van der Waals surface area contributed by atoms with E-state index in [1.807, 2.05) is 24.3 Å². The van der Waals surface area contributed by atoms with E-state index in [-0.39, 0.29) is 40.1 Å². The van der Waals surface area contributed by atoms with Gasteiger partial charge in [-0.05, 0) is 68.8 Å². The van der Waals surface area contributed by atoms with Crippen LogP contribution in [0.5, 0.6) is 11.5 Å². The highest BCUT2D eigenvalue weighted by atomic mass is 32.1. The fourth-order valence-corrected chi connectivity index (χ4v) is 4.98. The van der Waals surface area contributed by atoms with Gasteiger partial charge >= 0.3 is 0 Å². The number of carbonyl (C=O) groups excluding carboxylic acids is 1. The summed E-state index contributed by atoms with van der Waals surface area (Å²) in [6.45, 7) is 6.97. The number of ketones is 1. The number of hydrogen-bond donors (Lipinski definition) is 3. The van der Waals surface area contributed by atoms with E-state index in [1.165, 1.54) is 12.1 Å². The molecule has 0 radical (unpaired) electrons. The minimum atomic E-state index is -0.731. The first-order valence-corrected chi connectivity index (χ1v) is 12.3. The molecule has 1 fully saturated rings. The number of anilines is 3. The molecule has 0 amide bonds. The molecule has 2 heterocycles. The Bertz CT molecular complexity index is 1170. The lowest BCUT2D eigenvalue weighted by atomic mass is 10.0. The first-order valence-electron chi connectivity index (χ1n) is 11.5. The van der Waals surface area contributed by atoms with Crippen molar-refractivity contribution in [3.05, 3.63) is 58.2 Å². The Morgan fingerprint density at radius 2 is 2.06 bits per heavy atom. The van der Waals surface area contributed by atoms with E-state index in [9.17, 15) is 14.3 Å². The number of halogens is 1. The zero-order valence-corrected chi connectivity index (χ0v) is 20.1. The number of thiazole rings is 1. The molecule has 0 spiro atoms. The molecule has 34 heavy (non-hydrogen) atoms. The van der Waals surface area contributed by atoms with Crippen molar-refractivity contribution in [2.45, 2.75) is 39.2 Å². The molecule has 2 aromatic carbocycles. The molecule has 4 rings (SSSR count). The Kier molecular flexibility index (Phi) is 7.33. The van der Waals surface area contributed by atoms with Gasteiger partial charge in [0, 0.05) is 17.8 Å². The maximum atomic E-state index is 14.7. The summed E-state index contributed by atoms with van der Waals surface area (Å²) >= 11 is 1.06. The number of likely N-dealkylation sites (tertiary alicyclic amines) is 1. The van der Waals surface area contributed by atoms with E-state index in [4.69, 9.17) is 10.5 Å². The Balaban J connectivity index is 1.44. The number of carbonyl (C=O) groups is 1. The lowest BCUT2D eigenvalue weighted by molar-refractivity contribution is 0.0920. The molecule has 1 saturated heterocycles. The third kappa shape index (κ3) is 5.15. The summed E-state index contributed by atoms with van der Waals surface area (Å²) in [5, 5.41) is 13.4. The van der Waals surface area contributed by atoms with Crippen LogP contribution in [-0.4, -0.2) is 46.5 Å². The normalized spacial score (nSPS) is 16.4. The first-order chi connectivity index (χ1) is 16.4. The zero-order valence-electron chi connectivity index (χ0n) is 19.3. The summed E-state index contributed by atoms with van der Waals surface area (Å²) < 4.78 is 20.9. The number of nitrogen functional groups attached to an aromatic ring is 1. The summed E-state index contributed by atoms with van der Waals surface area (Å²) in [7, 11) is 0. The average molecular weight is 485 g/mol. The molecule has 1 aliphatic rings. The number of benzene rings is 2. The number of nitrogens with zero attached hydrogens (tertiary/aromatic N) is 2. The van der Waals surface area contributed by atoms with Crippen LogP contribution in [0.15, 0.2) is 36.4 Å². The molecular weight excluding hydrogens is 455 g/mol. The molecule has 1 unspecified atom stereocenters. The van der Waals surface area contributed by atoms with Crippen LogP contribution in [0.2, 0.25) is 0 Å². The van der Waals surface area contributed by atoms with Gasteiger partial charge < -0.3 is 20.9 Å². The summed E-state index contributed by atoms with van der Waals surface area (Å²) in [6, 6.07) is 10.1. The standard InChI is InChI=1S/C25H29FN4O3S/c1-3-18-20(31)12-11-19(21(18)26)22(32)23-24(27)29-25(34-23)28-15-7-9-16(10-8-15)33-17-6-5-13-30(4-2)14-17/h7-12,17,31H,3-6,13-14,27H2,1-2H3,(H,28,29). The van der Waals surface area contributed by atoms with Crippen molar-refractivity contribution in [2.75, 3.05) is 30.7 Å². The van der Waals surface area contributed by atoms with E-state index in [0.29, 0.717) is 5.13 Å². The summed E-state index contributed by atoms with van der Waals surface area (Å²) in [5.41, 5.74) is 6.71. The Labute approximate surface area is 202 Å². The number of ether oxygens (including phenoxy) is 1. The maximum absolute atomic E-state index is 14.7. The lowest BCUT2D eigenvalue weighted by Gasteiger charge is -2.32. The van der Waals surface area contributed by atoms with Gasteiger partial charge in [-0.2, -0.15) is 0 Å². The topological polar surface area (TPSA) is 101 Å². The van der Waals surface area contributed by atoms with E-state index in [2.05, 4.69) is 22.1 Å². The maximum Gasteiger partial charge on any atom is 0.209 e. The van der Waals surface area contributed by atoms with Crippen LogP contribution >= 0.6 is 11.3 Å². The number of piperidine rings is 1. The Hall–Kier alpha value is -3.17. The fraction of sp³-hybridized carbons (Fsp3) is 0.360. The molecule has 7 nitrogen and oxygen atoms in total. The predicted octanol–water partition coefficient (Wildman–Crippen LogP) is 4.97. The van der Waals surface area contributed by atoms with Gasteiger partial charge in [-0.3, -0.25) is 9.69 Å². The number of phenolic OH excluding ortho intramolecular Hbond substituents is 1. The minimum absolute atomic E-state index is 0.0285. The second kappa shape index (κ2) is 10.4. The van der Waals surface area contributed by atoms with Crippen LogP contribution in [0.1, 0.15) is 47.5 Å². The Morgan fingerprint density at radius 3 is 2.76 bits per heavy atom. The number of aromatic nitrogens is 1. The van der Waals surface area contributed by atoms with E-state index in [1.54, 1.807) is 6.92 Å². The third-order valence-electron chi connectivity index (χ3n) is 5.99. The average Bonchev–Trinajstić information content (AvgIpc) is 3.20. The molecular formula is C25H29FN4O3S. The number of nitrogens with one attached hydrogen (secondary N) is 1. The van der Waals surface area contributed by atoms with Gasteiger partial charge in [-0.15, -0.1) is 0 Å². The molecule has 0 bridgehead atoms. The van der Waals surface area contributed by atoms with Gasteiger partial charge in [0.25, 0.3) is 0 Å². The predicted molar refractivity (Wildman–Crippen MR) is 133 cm³/mol. The summed E-state index contributed by atoms with van der Waals surface area (Å²) in [6.07, 6.45) is 2.64. The number of aromatic hydroxyl groups is 1. The van der Waals surface area contributed by atoms with Gasteiger partial charge in [-0.25, -0.2) is 9.37 Å². The van der Waals surface area contributed by atoms with Crippen LogP contribution in [0.25, 0.3) is 0 Å². The van der Waals surface area contributed by atoms with Gasteiger partial charge in [0.2, 0.25) is 5.78 Å². The minimum Gasteiger partial charge on any atom is -0.508 e. The van der Waals surface area contributed by atoms with Gasteiger partial charge in [-0.1, -0.05) is 25.2 Å². The quantitative estimate of drug-likeness (QED) is 0.388. The number of phenols is 1. The Morgan fingerprint density at radius 1 is 1.29 bits per heavy atom. The van der Waals surface area contributed by atoms with Crippen LogP contribution in [-0.2, 0) is 6.42 Å². The van der Waals surface area contributed by atoms with Crippen molar-refractivity contribution in [3.63, 3.8) is 0 Å².